The molecule has 5 heteroatoms. The zero-order valence-electron chi connectivity index (χ0n) is 22.2. The second-order valence-electron chi connectivity index (χ2n) is 10.3. The number of carbonyl (C=O) groups is 2. The van der Waals surface area contributed by atoms with Crippen LogP contribution in [-0.2, 0) is 24.3 Å². The first-order chi connectivity index (χ1) is 19.0. The van der Waals surface area contributed by atoms with Gasteiger partial charge in [0, 0.05) is 23.5 Å². The molecule has 0 fully saturated rings. The monoisotopic (exact) mass is 530 g/mol. The van der Waals surface area contributed by atoms with E-state index in [-0.39, 0.29) is 11.8 Å². The number of rotatable bonds is 4. The largest absolute Gasteiger partial charge is 0.334 e. The average Bonchev–Trinajstić information content (AvgIpc) is 2.96. The lowest BCUT2D eigenvalue weighted by Crippen LogP contribution is -2.35. The summed E-state index contributed by atoms with van der Waals surface area (Å²) in [6.07, 6.45) is 2.82. The number of aryl methyl sites for hydroxylation is 2. The highest BCUT2D eigenvalue weighted by molar-refractivity contribution is 8.04. The maximum absolute atomic E-state index is 13.8. The molecule has 194 valence electrons. The van der Waals surface area contributed by atoms with Crippen molar-refractivity contribution >= 4 is 35.3 Å². The van der Waals surface area contributed by atoms with Gasteiger partial charge < -0.3 is 9.80 Å². The topological polar surface area (TPSA) is 40.6 Å². The highest BCUT2D eigenvalue weighted by Gasteiger charge is 2.29. The first kappa shape index (κ1) is 25.2. The number of carbonyl (C=O) groups excluding carboxylic acids is 2. The molecular weight excluding hydrogens is 500 g/mol. The van der Waals surface area contributed by atoms with E-state index in [2.05, 4.69) is 56.3 Å². The molecule has 2 heterocycles. The van der Waals surface area contributed by atoms with Gasteiger partial charge in [-0.1, -0.05) is 84.1 Å². The number of hydrogen-bond acceptors (Lipinski definition) is 3. The minimum Gasteiger partial charge on any atom is -0.334 e. The van der Waals surface area contributed by atoms with Gasteiger partial charge in [0.15, 0.2) is 0 Å². The molecule has 0 bridgehead atoms. The van der Waals surface area contributed by atoms with E-state index in [1.807, 2.05) is 64.4 Å². The van der Waals surface area contributed by atoms with E-state index >= 15 is 0 Å². The van der Waals surface area contributed by atoms with Crippen LogP contribution in [0.15, 0.2) is 101 Å². The molecule has 0 saturated heterocycles. The standard InChI is InChI=1S/C34H30N2O2S/c1-23-11-12-24(2)29(19-23)22-36-30-9-5-6-10-31(30)39-32(34(36)38)20-25-13-15-27(16-14-25)33(37)35-18-17-26-7-3-4-8-28(26)21-35/h3-16,19-20H,17-18,21-22H2,1-2H3/b32-20-. The van der Waals surface area contributed by atoms with Crippen LogP contribution in [0, 0.1) is 13.8 Å². The van der Waals surface area contributed by atoms with Crippen molar-refractivity contribution in [2.75, 3.05) is 11.4 Å². The van der Waals surface area contributed by atoms with Crippen molar-refractivity contribution in [3.8, 4) is 0 Å². The third kappa shape index (κ3) is 5.15. The minimum atomic E-state index is -0.00765. The summed E-state index contributed by atoms with van der Waals surface area (Å²) in [7, 11) is 0. The van der Waals surface area contributed by atoms with Gasteiger partial charge in [0.25, 0.3) is 11.8 Å². The Hall–Kier alpha value is -4.09. The maximum Gasteiger partial charge on any atom is 0.265 e. The summed E-state index contributed by atoms with van der Waals surface area (Å²) in [6.45, 7) is 6.05. The van der Waals surface area contributed by atoms with Gasteiger partial charge in [0.05, 0.1) is 17.1 Å². The summed E-state index contributed by atoms with van der Waals surface area (Å²) in [6, 6.07) is 30.4. The first-order valence-corrected chi connectivity index (χ1v) is 14.1. The predicted molar refractivity (Wildman–Crippen MR) is 159 cm³/mol. The molecule has 0 aromatic heterocycles. The van der Waals surface area contributed by atoms with Crippen molar-refractivity contribution in [3.05, 3.63) is 135 Å². The van der Waals surface area contributed by atoms with Gasteiger partial charge in [-0.25, -0.2) is 0 Å². The lowest BCUT2D eigenvalue weighted by molar-refractivity contribution is -0.114. The van der Waals surface area contributed by atoms with E-state index in [4.69, 9.17) is 0 Å². The fourth-order valence-electron chi connectivity index (χ4n) is 5.29. The minimum absolute atomic E-state index is 0.00765. The third-order valence-electron chi connectivity index (χ3n) is 7.54. The molecule has 0 atom stereocenters. The van der Waals surface area contributed by atoms with Crippen LogP contribution in [0.4, 0.5) is 5.69 Å². The fourth-order valence-corrected chi connectivity index (χ4v) is 6.34. The highest BCUT2D eigenvalue weighted by atomic mass is 32.2. The third-order valence-corrected chi connectivity index (χ3v) is 8.62. The van der Waals surface area contributed by atoms with Gasteiger partial charge in [-0.05, 0) is 78.4 Å². The lowest BCUT2D eigenvalue weighted by Gasteiger charge is -2.31. The van der Waals surface area contributed by atoms with E-state index in [0.717, 1.165) is 34.7 Å². The van der Waals surface area contributed by atoms with E-state index in [1.165, 1.54) is 34.0 Å². The second-order valence-corrected chi connectivity index (χ2v) is 11.4. The molecule has 0 unspecified atom stereocenters. The quantitative estimate of drug-likeness (QED) is 0.262. The lowest BCUT2D eigenvalue weighted by atomic mass is 9.99. The second kappa shape index (κ2) is 10.6. The number of amides is 2. The molecule has 0 aliphatic carbocycles. The summed E-state index contributed by atoms with van der Waals surface area (Å²) >= 11 is 1.50. The summed E-state index contributed by atoms with van der Waals surface area (Å²) in [4.78, 5) is 32.5. The number of para-hydroxylation sites is 1. The number of anilines is 1. The predicted octanol–water partition coefficient (Wildman–Crippen LogP) is 7.18. The van der Waals surface area contributed by atoms with Gasteiger partial charge in [-0.15, -0.1) is 0 Å². The SMILES string of the molecule is Cc1ccc(C)c(CN2C(=O)/C(=C/c3ccc(C(=O)N4CCc5ccccc5C4)cc3)Sc3ccccc32)c1. The number of thioether (sulfide) groups is 1. The van der Waals surface area contributed by atoms with Crippen molar-refractivity contribution in [2.24, 2.45) is 0 Å². The molecule has 4 aromatic carbocycles. The fraction of sp³-hybridized carbons (Fsp3) is 0.176. The van der Waals surface area contributed by atoms with Gasteiger partial charge >= 0.3 is 0 Å². The molecule has 39 heavy (non-hydrogen) atoms. The Kier molecular flexibility index (Phi) is 6.84. The zero-order valence-corrected chi connectivity index (χ0v) is 23.0. The molecule has 0 saturated carbocycles. The summed E-state index contributed by atoms with van der Waals surface area (Å²) < 4.78 is 0. The Morgan fingerprint density at radius 3 is 2.46 bits per heavy atom. The van der Waals surface area contributed by atoms with Crippen LogP contribution in [0.5, 0.6) is 0 Å². The molecule has 0 N–H and O–H groups in total. The Bertz CT molecular complexity index is 1610. The highest BCUT2D eigenvalue weighted by Crippen LogP contribution is 2.42. The van der Waals surface area contributed by atoms with E-state index in [0.29, 0.717) is 23.6 Å². The molecule has 0 spiro atoms. The van der Waals surface area contributed by atoms with Crippen LogP contribution >= 0.6 is 11.8 Å². The maximum atomic E-state index is 13.8. The smallest absolute Gasteiger partial charge is 0.265 e. The van der Waals surface area contributed by atoms with Crippen LogP contribution < -0.4 is 4.90 Å². The van der Waals surface area contributed by atoms with Crippen LogP contribution in [0.25, 0.3) is 6.08 Å². The van der Waals surface area contributed by atoms with Gasteiger partial charge in [0.2, 0.25) is 0 Å². The molecule has 2 amide bonds. The number of nitrogens with zero attached hydrogens (tertiary/aromatic N) is 2. The molecule has 2 aliphatic heterocycles. The van der Waals surface area contributed by atoms with Crippen LogP contribution in [0.2, 0.25) is 0 Å². The van der Waals surface area contributed by atoms with E-state index < -0.39 is 0 Å². The Morgan fingerprint density at radius 1 is 0.897 bits per heavy atom. The molecule has 2 aliphatic rings. The average molecular weight is 531 g/mol. The summed E-state index contributed by atoms with van der Waals surface area (Å²) in [5.74, 6) is 0.0344. The van der Waals surface area contributed by atoms with Crippen molar-refractivity contribution < 1.29 is 9.59 Å². The van der Waals surface area contributed by atoms with E-state index in [9.17, 15) is 9.59 Å². The molecule has 6 rings (SSSR count). The van der Waals surface area contributed by atoms with Gasteiger partial charge in [0.1, 0.15) is 0 Å². The van der Waals surface area contributed by atoms with Crippen LogP contribution in [0.1, 0.15) is 43.7 Å². The van der Waals surface area contributed by atoms with Crippen molar-refractivity contribution in [3.63, 3.8) is 0 Å². The van der Waals surface area contributed by atoms with Crippen molar-refractivity contribution in [1.82, 2.24) is 4.90 Å². The van der Waals surface area contributed by atoms with Crippen LogP contribution in [-0.4, -0.2) is 23.3 Å². The van der Waals surface area contributed by atoms with E-state index in [1.54, 1.807) is 0 Å². The van der Waals surface area contributed by atoms with Gasteiger partial charge in [-0.2, -0.15) is 0 Å². The Balaban J connectivity index is 1.24. The molecule has 4 nitrogen and oxygen atoms in total. The van der Waals surface area contributed by atoms with Crippen molar-refractivity contribution in [1.29, 1.82) is 0 Å². The molecule has 4 aromatic rings. The Morgan fingerprint density at radius 2 is 1.64 bits per heavy atom. The summed E-state index contributed by atoms with van der Waals surface area (Å²) in [5, 5.41) is 0. The zero-order chi connectivity index (χ0) is 26.9. The molecular formula is C34H30N2O2S. The Labute approximate surface area is 234 Å². The number of benzene rings is 4. The first-order valence-electron chi connectivity index (χ1n) is 13.3. The number of hydrogen-bond donors (Lipinski definition) is 0. The van der Waals surface area contributed by atoms with Gasteiger partial charge in [-0.3, -0.25) is 9.59 Å². The van der Waals surface area contributed by atoms with Crippen molar-refractivity contribution in [2.45, 2.75) is 38.3 Å². The van der Waals surface area contributed by atoms with Crippen LogP contribution in [0.3, 0.4) is 0 Å². The normalized spacial score (nSPS) is 15.7. The molecule has 0 radical (unpaired) electrons. The summed E-state index contributed by atoms with van der Waals surface area (Å²) in [5.41, 5.74) is 8.55. The number of fused-ring (bicyclic) bond motifs is 2.